The molecular formula is C27H27N3O6. The number of benzene rings is 3. The van der Waals surface area contributed by atoms with E-state index >= 15 is 0 Å². The molecule has 9 nitrogen and oxygen atoms in total. The Morgan fingerprint density at radius 1 is 1.03 bits per heavy atom. The van der Waals surface area contributed by atoms with E-state index in [2.05, 4.69) is 10.6 Å². The fourth-order valence-electron chi connectivity index (χ4n) is 4.26. The smallest absolute Gasteiger partial charge is 0.262 e. The van der Waals surface area contributed by atoms with Gasteiger partial charge in [0.1, 0.15) is 6.17 Å². The summed E-state index contributed by atoms with van der Waals surface area (Å²) in [5.74, 6) is 1.79. The van der Waals surface area contributed by atoms with Gasteiger partial charge in [0.05, 0.1) is 17.9 Å². The predicted octanol–water partition coefficient (Wildman–Crippen LogP) is 4.10. The first kappa shape index (κ1) is 23.3. The Balaban J connectivity index is 1.53. The van der Waals surface area contributed by atoms with Gasteiger partial charge in [-0.25, -0.2) is 0 Å². The van der Waals surface area contributed by atoms with Crippen molar-refractivity contribution in [3.05, 3.63) is 71.8 Å². The summed E-state index contributed by atoms with van der Waals surface area (Å²) in [7, 11) is 0. The van der Waals surface area contributed by atoms with E-state index in [1.54, 1.807) is 29.2 Å². The van der Waals surface area contributed by atoms with Crippen LogP contribution in [0.4, 0.5) is 11.4 Å². The van der Waals surface area contributed by atoms with Crippen LogP contribution >= 0.6 is 0 Å². The molecule has 0 aromatic heterocycles. The Bertz CT molecular complexity index is 1290. The van der Waals surface area contributed by atoms with E-state index in [0.29, 0.717) is 47.4 Å². The molecule has 1 unspecified atom stereocenters. The molecule has 9 heteroatoms. The molecule has 0 bridgehead atoms. The van der Waals surface area contributed by atoms with E-state index in [1.807, 2.05) is 50.2 Å². The number of ether oxygens (including phenoxy) is 4. The summed E-state index contributed by atoms with van der Waals surface area (Å²) < 4.78 is 22.6. The topological polar surface area (TPSA) is 98.4 Å². The molecule has 2 N–H and O–H groups in total. The van der Waals surface area contributed by atoms with Crippen LogP contribution in [0.3, 0.4) is 0 Å². The zero-order chi connectivity index (χ0) is 25.1. The van der Waals surface area contributed by atoms with Crippen molar-refractivity contribution in [3.8, 4) is 23.0 Å². The molecule has 186 valence electrons. The number of hydrogen-bond donors (Lipinski definition) is 2. The van der Waals surface area contributed by atoms with Gasteiger partial charge in [-0.05, 0) is 55.8 Å². The SMILES string of the molecule is CCNC(=O)COc1ccc(C2Nc3ccccc3C(=O)N2c2ccc3c(c2)OCO3)cc1OCC. The molecule has 0 spiro atoms. The fraction of sp³-hybridized carbons (Fsp3) is 0.259. The Kier molecular flexibility index (Phi) is 6.53. The largest absolute Gasteiger partial charge is 0.490 e. The molecule has 2 amide bonds. The van der Waals surface area contributed by atoms with E-state index in [4.69, 9.17) is 18.9 Å². The quantitative estimate of drug-likeness (QED) is 0.492. The Hall–Kier alpha value is -4.40. The minimum atomic E-state index is -0.538. The van der Waals surface area contributed by atoms with Crippen LogP contribution in [0.2, 0.25) is 0 Å². The third-order valence-corrected chi connectivity index (χ3v) is 5.88. The molecule has 0 fully saturated rings. The standard InChI is InChI=1S/C27H27N3O6/c1-3-28-25(31)15-34-21-11-9-17(13-23(21)33-4-2)26-29-20-8-6-5-7-19(20)27(32)30(26)18-10-12-22-24(14-18)36-16-35-22/h5-14,26,29H,3-4,15-16H2,1-2H3,(H,28,31). The molecule has 1 atom stereocenters. The lowest BCUT2D eigenvalue weighted by Gasteiger charge is -2.38. The van der Waals surface area contributed by atoms with Crippen LogP contribution in [-0.2, 0) is 4.79 Å². The van der Waals surface area contributed by atoms with Crippen LogP contribution in [0.1, 0.15) is 35.9 Å². The van der Waals surface area contributed by atoms with Gasteiger partial charge in [-0.3, -0.25) is 14.5 Å². The maximum atomic E-state index is 13.7. The van der Waals surface area contributed by atoms with Crippen LogP contribution in [0, 0.1) is 0 Å². The summed E-state index contributed by atoms with van der Waals surface area (Å²) in [5, 5.41) is 6.20. The zero-order valence-corrected chi connectivity index (χ0v) is 20.1. The van der Waals surface area contributed by atoms with Crippen LogP contribution in [0.5, 0.6) is 23.0 Å². The monoisotopic (exact) mass is 489 g/mol. The second-order valence-electron chi connectivity index (χ2n) is 8.19. The van der Waals surface area contributed by atoms with Crippen molar-refractivity contribution in [2.24, 2.45) is 0 Å². The van der Waals surface area contributed by atoms with Crippen molar-refractivity contribution < 1.29 is 28.5 Å². The molecule has 0 saturated carbocycles. The molecule has 0 radical (unpaired) electrons. The molecule has 2 aliphatic heterocycles. The number of nitrogens with one attached hydrogen (secondary N) is 2. The Labute approximate surface area is 208 Å². The first-order valence-electron chi connectivity index (χ1n) is 11.8. The molecule has 2 heterocycles. The average molecular weight is 490 g/mol. The van der Waals surface area contributed by atoms with Crippen LogP contribution in [0.25, 0.3) is 0 Å². The number of fused-ring (bicyclic) bond motifs is 2. The highest BCUT2D eigenvalue weighted by molar-refractivity contribution is 6.12. The number of amides is 2. The molecule has 0 aliphatic carbocycles. The fourth-order valence-corrected chi connectivity index (χ4v) is 4.26. The lowest BCUT2D eigenvalue weighted by molar-refractivity contribution is -0.123. The summed E-state index contributed by atoms with van der Waals surface area (Å²) in [6.07, 6.45) is -0.538. The van der Waals surface area contributed by atoms with Gasteiger partial charge in [-0.15, -0.1) is 0 Å². The summed E-state index contributed by atoms with van der Waals surface area (Å²) in [6.45, 7) is 4.68. The van der Waals surface area contributed by atoms with E-state index < -0.39 is 6.17 Å². The third-order valence-electron chi connectivity index (χ3n) is 5.88. The normalized spacial score (nSPS) is 15.7. The van der Waals surface area contributed by atoms with Crippen LogP contribution in [-0.4, -0.2) is 38.4 Å². The maximum Gasteiger partial charge on any atom is 0.262 e. The summed E-state index contributed by atoms with van der Waals surface area (Å²) in [6, 6.07) is 18.3. The average Bonchev–Trinajstić information content (AvgIpc) is 3.36. The van der Waals surface area contributed by atoms with Gasteiger partial charge in [-0.1, -0.05) is 18.2 Å². The summed E-state index contributed by atoms with van der Waals surface area (Å²) in [5.41, 5.74) is 2.74. The number of anilines is 2. The van der Waals surface area contributed by atoms with Crippen LogP contribution in [0.15, 0.2) is 60.7 Å². The minimum Gasteiger partial charge on any atom is -0.490 e. The van der Waals surface area contributed by atoms with Gasteiger partial charge in [0.25, 0.3) is 11.8 Å². The molecule has 3 aromatic carbocycles. The van der Waals surface area contributed by atoms with Gasteiger partial charge < -0.3 is 29.6 Å². The van der Waals surface area contributed by atoms with Crippen molar-refractivity contribution >= 4 is 23.2 Å². The number of likely N-dealkylation sites (N-methyl/N-ethyl adjacent to an activating group) is 1. The predicted molar refractivity (Wildman–Crippen MR) is 134 cm³/mol. The first-order valence-corrected chi connectivity index (χ1v) is 11.8. The maximum absolute atomic E-state index is 13.7. The van der Waals surface area contributed by atoms with E-state index in [1.165, 1.54) is 0 Å². The highest BCUT2D eigenvalue weighted by Crippen LogP contribution is 2.42. The second kappa shape index (κ2) is 10.1. The van der Waals surface area contributed by atoms with E-state index in [0.717, 1.165) is 11.3 Å². The number of hydrogen-bond acceptors (Lipinski definition) is 7. The van der Waals surface area contributed by atoms with Gasteiger partial charge >= 0.3 is 0 Å². The molecular weight excluding hydrogens is 462 g/mol. The molecule has 5 rings (SSSR count). The Morgan fingerprint density at radius 3 is 2.69 bits per heavy atom. The lowest BCUT2D eigenvalue weighted by Crippen LogP contribution is -2.43. The van der Waals surface area contributed by atoms with Gasteiger partial charge in [0.15, 0.2) is 29.6 Å². The van der Waals surface area contributed by atoms with Crippen molar-refractivity contribution in [1.29, 1.82) is 0 Å². The number of nitrogens with zero attached hydrogens (tertiary/aromatic N) is 1. The summed E-state index contributed by atoms with van der Waals surface area (Å²) >= 11 is 0. The number of para-hydroxylation sites is 1. The molecule has 36 heavy (non-hydrogen) atoms. The molecule has 3 aromatic rings. The third kappa shape index (κ3) is 4.47. The number of carbonyl (C=O) groups is 2. The number of rotatable bonds is 8. The van der Waals surface area contributed by atoms with Crippen molar-refractivity contribution in [2.45, 2.75) is 20.0 Å². The lowest BCUT2D eigenvalue weighted by atomic mass is 10.0. The highest BCUT2D eigenvalue weighted by atomic mass is 16.7. The first-order chi connectivity index (χ1) is 17.6. The highest BCUT2D eigenvalue weighted by Gasteiger charge is 2.35. The zero-order valence-electron chi connectivity index (χ0n) is 20.1. The minimum absolute atomic E-state index is 0.121. The second-order valence-corrected chi connectivity index (χ2v) is 8.19. The summed E-state index contributed by atoms with van der Waals surface area (Å²) in [4.78, 5) is 27.3. The number of carbonyl (C=O) groups excluding carboxylic acids is 2. The molecule has 2 aliphatic rings. The van der Waals surface area contributed by atoms with Crippen LogP contribution < -0.4 is 34.5 Å². The van der Waals surface area contributed by atoms with E-state index in [9.17, 15) is 9.59 Å². The van der Waals surface area contributed by atoms with E-state index in [-0.39, 0.29) is 25.2 Å². The van der Waals surface area contributed by atoms with Gasteiger partial charge in [-0.2, -0.15) is 0 Å². The van der Waals surface area contributed by atoms with Crippen molar-refractivity contribution in [1.82, 2.24) is 5.32 Å². The van der Waals surface area contributed by atoms with Gasteiger partial charge in [0, 0.05) is 18.3 Å². The Morgan fingerprint density at radius 2 is 1.86 bits per heavy atom. The molecule has 0 saturated heterocycles. The van der Waals surface area contributed by atoms with Crippen molar-refractivity contribution in [3.63, 3.8) is 0 Å². The van der Waals surface area contributed by atoms with Gasteiger partial charge in [0.2, 0.25) is 6.79 Å². The van der Waals surface area contributed by atoms with Crippen molar-refractivity contribution in [2.75, 3.05) is 36.8 Å².